The highest BCUT2D eigenvalue weighted by molar-refractivity contribution is 6.02. The van der Waals surface area contributed by atoms with Crippen molar-refractivity contribution < 1.29 is 9.90 Å². The number of fused-ring (bicyclic) bond motifs is 1. The monoisotopic (exact) mass is 327 g/mol. The summed E-state index contributed by atoms with van der Waals surface area (Å²) in [5.41, 5.74) is 1.54. The van der Waals surface area contributed by atoms with Gasteiger partial charge in [0.1, 0.15) is 5.82 Å². The van der Waals surface area contributed by atoms with Crippen molar-refractivity contribution in [2.45, 2.75) is 38.7 Å². The predicted molar refractivity (Wildman–Crippen MR) is 96.4 cm³/mol. The highest BCUT2D eigenvalue weighted by Crippen LogP contribution is 2.26. The molecule has 0 spiro atoms. The normalized spacial score (nSPS) is 15.7. The van der Waals surface area contributed by atoms with Gasteiger partial charge in [0.25, 0.3) is 5.91 Å². The number of hydrogen-bond donors (Lipinski definition) is 2. The molecule has 1 aromatic carbocycles. The maximum absolute atomic E-state index is 12.7. The molecule has 5 heteroatoms. The Hall–Kier alpha value is -2.14. The second kappa shape index (κ2) is 7.62. The highest BCUT2D eigenvalue weighted by atomic mass is 16.3. The summed E-state index contributed by atoms with van der Waals surface area (Å²) in [7, 11) is 0. The number of carbonyl (C=O) groups excluding carboxylic acids is 1. The van der Waals surface area contributed by atoms with Gasteiger partial charge in [-0.1, -0.05) is 25.1 Å². The first-order chi connectivity index (χ1) is 11.7. The van der Waals surface area contributed by atoms with Gasteiger partial charge in [-0.05, 0) is 37.8 Å². The molecule has 1 amide bonds. The second-order valence-electron chi connectivity index (χ2n) is 6.35. The zero-order valence-electron chi connectivity index (χ0n) is 14.2. The quantitative estimate of drug-likeness (QED) is 0.856. The number of hydrogen-bond acceptors (Lipinski definition) is 4. The van der Waals surface area contributed by atoms with Crippen molar-refractivity contribution in [2.75, 3.05) is 24.5 Å². The van der Waals surface area contributed by atoms with E-state index in [0.717, 1.165) is 42.7 Å². The van der Waals surface area contributed by atoms with Crippen molar-refractivity contribution in [1.29, 1.82) is 0 Å². The molecule has 1 saturated heterocycles. The summed E-state index contributed by atoms with van der Waals surface area (Å²) in [6.07, 6.45) is 3.18. The fourth-order valence-electron chi connectivity index (χ4n) is 3.09. The third kappa shape index (κ3) is 3.67. The average molecular weight is 327 g/mol. The maximum atomic E-state index is 12.7. The second-order valence-corrected chi connectivity index (χ2v) is 6.35. The Kier molecular flexibility index (Phi) is 5.30. The van der Waals surface area contributed by atoms with E-state index in [1.54, 1.807) is 0 Å². The summed E-state index contributed by atoms with van der Waals surface area (Å²) >= 11 is 0. The van der Waals surface area contributed by atoms with Gasteiger partial charge in [0.15, 0.2) is 0 Å². The third-order valence-corrected chi connectivity index (χ3v) is 4.59. The van der Waals surface area contributed by atoms with Crippen LogP contribution >= 0.6 is 0 Å². The number of aliphatic hydroxyl groups is 1. The smallest absolute Gasteiger partial charge is 0.255 e. The molecule has 0 aliphatic carbocycles. The molecule has 2 N–H and O–H groups in total. The Morgan fingerprint density at radius 2 is 2.08 bits per heavy atom. The number of pyridine rings is 1. The van der Waals surface area contributed by atoms with Crippen molar-refractivity contribution in [2.24, 2.45) is 0 Å². The lowest BCUT2D eigenvalue weighted by molar-refractivity contribution is 0.0942. The number of rotatable bonds is 6. The van der Waals surface area contributed by atoms with E-state index in [-0.39, 0.29) is 12.0 Å². The van der Waals surface area contributed by atoms with Gasteiger partial charge in [0.05, 0.1) is 17.2 Å². The molecule has 0 bridgehead atoms. The number of nitrogens with one attached hydrogen (secondary N) is 1. The van der Waals surface area contributed by atoms with Crippen LogP contribution < -0.4 is 10.2 Å². The van der Waals surface area contributed by atoms with E-state index in [4.69, 9.17) is 4.98 Å². The summed E-state index contributed by atoms with van der Waals surface area (Å²) in [4.78, 5) is 19.6. The highest BCUT2D eigenvalue weighted by Gasteiger charge is 2.22. The molecular weight excluding hydrogens is 302 g/mol. The fraction of sp³-hybridized carbons (Fsp3) is 0.474. The fourth-order valence-corrected chi connectivity index (χ4v) is 3.09. The summed E-state index contributed by atoms with van der Waals surface area (Å²) in [5, 5.41) is 13.5. The van der Waals surface area contributed by atoms with E-state index in [2.05, 4.69) is 10.2 Å². The maximum Gasteiger partial charge on any atom is 0.255 e. The van der Waals surface area contributed by atoms with Gasteiger partial charge in [-0.25, -0.2) is 4.98 Å². The Balaban J connectivity index is 1.86. The van der Waals surface area contributed by atoms with Crippen LogP contribution in [-0.4, -0.2) is 41.7 Å². The van der Waals surface area contributed by atoms with E-state index in [9.17, 15) is 9.90 Å². The average Bonchev–Trinajstić information content (AvgIpc) is 3.14. The predicted octanol–water partition coefficient (Wildman–Crippen LogP) is 2.73. The molecule has 5 nitrogen and oxygen atoms in total. The minimum atomic E-state index is -0.363. The van der Waals surface area contributed by atoms with Crippen molar-refractivity contribution in [3.05, 3.63) is 35.9 Å². The number of aliphatic hydroxyl groups excluding tert-OH is 1. The van der Waals surface area contributed by atoms with E-state index < -0.39 is 0 Å². The summed E-state index contributed by atoms with van der Waals surface area (Å²) in [5.74, 6) is 0.665. The summed E-state index contributed by atoms with van der Waals surface area (Å²) in [6, 6.07) is 9.82. The van der Waals surface area contributed by atoms with E-state index in [0.29, 0.717) is 24.9 Å². The molecule has 1 fully saturated rings. The van der Waals surface area contributed by atoms with Crippen molar-refractivity contribution in [3.63, 3.8) is 0 Å². The van der Waals surface area contributed by atoms with E-state index in [1.165, 1.54) is 0 Å². The van der Waals surface area contributed by atoms with Gasteiger partial charge in [0.2, 0.25) is 0 Å². The Morgan fingerprint density at radius 3 is 2.83 bits per heavy atom. The number of amides is 1. The van der Waals surface area contributed by atoms with Crippen LogP contribution in [0.25, 0.3) is 10.9 Å². The number of nitrogens with zero attached hydrogens (tertiary/aromatic N) is 2. The molecule has 0 saturated carbocycles. The number of anilines is 1. The lowest BCUT2D eigenvalue weighted by Gasteiger charge is -2.20. The van der Waals surface area contributed by atoms with Gasteiger partial charge in [-0.3, -0.25) is 4.79 Å². The molecule has 1 aliphatic rings. The van der Waals surface area contributed by atoms with Gasteiger partial charge in [-0.15, -0.1) is 0 Å². The molecule has 0 radical (unpaired) electrons. The van der Waals surface area contributed by atoms with E-state index >= 15 is 0 Å². The molecule has 3 rings (SSSR count). The topological polar surface area (TPSA) is 65.5 Å². The number of para-hydroxylation sites is 1. The van der Waals surface area contributed by atoms with Gasteiger partial charge < -0.3 is 15.3 Å². The molecule has 1 aliphatic heterocycles. The van der Waals surface area contributed by atoms with E-state index in [1.807, 2.05) is 37.3 Å². The van der Waals surface area contributed by atoms with Crippen LogP contribution in [0.4, 0.5) is 5.82 Å². The van der Waals surface area contributed by atoms with Crippen LogP contribution in [-0.2, 0) is 0 Å². The first-order valence-corrected chi connectivity index (χ1v) is 8.80. The SMILES string of the molecule is CCC(O)CCNC(=O)c1cc2ccccc2nc1N1CCCC1. The van der Waals surface area contributed by atoms with Crippen molar-refractivity contribution in [1.82, 2.24) is 10.3 Å². The minimum Gasteiger partial charge on any atom is -0.393 e. The third-order valence-electron chi connectivity index (χ3n) is 4.59. The standard InChI is InChI=1S/C19H25N3O2/c1-2-15(23)9-10-20-19(24)16-13-14-7-3-4-8-17(14)21-18(16)22-11-5-6-12-22/h3-4,7-8,13,15,23H,2,5-6,9-12H2,1H3,(H,20,24). The largest absolute Gasteiger partial charge is 0.393 e. The first-order valence-electron chi connectivity index (χ1n) is 8.80. The molecular formula is C19H25N3O2. The van der Waals surface area contributed by atoms with Crippen LogP contribution in [0, 0.1) is 0 Å². The van der Waals surface area contributed by atoms with Gasteiger partial charge >= 0.3 is 0 Å². The zero-order chi connectivity index (χ0) is 16.9. The molecule has 1 unspecified atom stereocenters. The molecule has 128 valence electrons. The van der Waals surface area contributed by atoms with Crippen LogP contribution in [0.2, 0.25) is 0 Å². The Labute approximate surface area is 142 Å². The first kappa shape index (κ1) is 16.7. The lowest BCUT2D eigenvalue weighted by Crippen LogP contribution is -2.30. The van der Waals surface area contributed by atoms with Crippen molar-refractivity contribution in [3.8, 4) is 0 Å². The molecule has 2 heterocycles. The molecule has 2 aromatic rings. The lowest BCUT2D eigenvalue weighted by atomic mass is 10.1. The van der Waals surface area contributed by atoms with Gasteiger partial charge in [0, 0.05) is 25.0 Å². The molecule has 1 atom stereocenters. The summed E-state index contributed by atoms with van der Waals surface area (Å²) < 4.78 is 0. The Morgan fingerprint density at radius 1 is 1.33 bits per heavy atom. The van der Waals surface area contributed by atoms with Crippen LogP contribution in [0.5, 0.6) is 0 Å². The van der Waals surface area contributed by atoms with Crippen molar-refractivity contribution >= 4 is 22.6 Å². The number of carbonyl (C=O) groups is 1. The molecule has 24 heavy (non-hydrogen) atoms. The molecule has 1 aromatic heterocycles. The Bertz CT molecular complexity index is 711. The van der Waals surface area contributed by atoms with Crippen LogP contribution in [0.1, 0.15) is 43.0 Å². The summed E-state index contributed by atoms with van der Waals surface area (Å²) in [6.45, 7) is 4.30. The number of benzene rings is 1. The van der Waals surface area contributed by atoms with Crippen LogP contribution in [0.15, 0.2) is 30.3 Å². The zero-order valence-corrected chi connectivity index (χ0v) is 14.2. The number of aromatic nitrogens is 1. The minimum absolute atomic E-state index is 0.113. The van der Waals surface area contributed by atoms with Crippen LogP contribution in [0.3, 0.4) is 0 Å². The van der Waals surface area contributed by atoms with Gasteiger partial charge in [-0.2, -0.15) is 0 Å².